The summed E-state index contributed by atoms with van der Waals surface area (Å²) in [5.41, 5.74) is 0. The standard InChI is InChI=1S/C10H13F3N2O/c1-6(16)15-7-3-4-9(14-2)8(5-7)10(11,12)13/h7-9H,3-5H2,1H3,(H,15,16). The van der Waals surface area contributed by atoms with Gasteiger partial charge in [0.05, 0.1) is 0 Å². The molecule has 3 atom stereocenters. The van der Waals surface area contributed by atoms with Gasteiger partial charge < -0.3 is 10.2 Å². The van der Waals surface area contributed by atoms with E-state index in [2.05, 4.69) is 10.2 Å². The van der Waals surface area contributed by atoms with Crippen LogP contribution in [0.1, 0.15) is 26.2 Å². The molecule has 1 aliphatic rings. The molecular formula is C10H13F3N2O. The average molecular weight is 234 g/mol. The maximum atomic E-state index is 12.6. The highest BCUT2D eigenvalue weighted by molar-refractivity contribution is 5.73. The molecule has 3 unspecified atom stereocenters. The molecule has 1 N–H and O–H groups in total. The number of hydrogen-bond donors (Lipinski definition) is 1. The van der Waals surface area contributed by atoms with Crippen LogP contribution in [-0.2, 0) is 4.79 Å². The molecule has 16 heavy (non-hydrogen) atoms. The number of carbonyl (C=O) groups is 1. The van der Waals surface area contributed by atoms with Crippen molar-refractivity contribution in [2.75, 3.05) is 0 Å². The van der Waals surface area contributed by atoms with Gasteiger partial charge in [-0.1, -0.05) is 0 Å². The van der Waals surface area contributed by atoms with Crippen molar-refractivity contribution in [3.63, 3.8) is 0 Å². The van der Waals surface area contributed by atoms with Crippen LogP contribution in [0.15, 0.2) is 0 Å². The molecule has 1 amide bonds. The Morgan fingerprint density at radius 1 is 1.44 bits per heavy atom. The Kier molecular flexibility index (Phi) is 3.79. The average Bonchev–Trinajstić information content (AvgIpc) is 2.15. The molecule has 3 nitrogen and oxygen atoms in total. The molecule has 0 bridgehead atoms. The summed E-state index contributed by atoms with van der Waals surface area (Å²) in [5, 5.41) is 2.49. The molecule has 0 heterocycles. The maximum Gasteiger partial charge on any atom is 0.399 e. The van der Waals surface area contributed by atoms with Crippen LogP contribution in [0.25, 0.3) is 4.85 Å². The van der Waals surface area contributed by atoms with Crippen molar-refractivity contribution in [3.8, 4) is 0 Å². The zero-order valence-corrected chi connectivity index (χ0v) is 8.84. The lowest BCUT2D eigenvalue weighted by Gasteiger charge is -2.31. The first-order chi connectivity index (χ1) is 7.34. The van der Waals surface area contributed by atoms with Gasteiger partial charge in [-0.3, -0.25) is 4.79 Å². The van der Waals surface area contributed by atoms with Crippen molar-refractivity contribution in [2.24, 2.45) is 5.92 Å². The molecule has 0 aliphatic heterocycles. The highest BCUT2D eigenvalue weighted by Gasteiger charge is 2.51. The lowest BCUT2D eigenvalue weighted by atomic mass is 9.81. The van der Waals surface area contributed by atoms with Gasteiger partial charge in [0.1, 0.15) is 5.92 Å². The van der Waals surface area contributed by atoms with Crippen LogP contribution in [0.4, 0.5) is 13.2 Å². The van der Waals surface area contributed by atoms with Crippen LogP contribution >= 0.6 is 0 Å². The molecular weight excluding hydrogens is 221 g/mol. The van der Waals surface area contributed by atoms with Gasteiger partial charge in [0.25, 0.3) is 0 Å². The Labute approximate surface area is 91.8 Å². The number of halogens is 3. The van der Waals surface area contributed by atoms with Gasteiger partial charge >= 0.3 is 6.18 Å². The summed E-state index contributed by atoms with van der Waals surface area (Å²) in [4.78, 5) is 13.8. The SMILES string of the molecule is [C-]#[N+]C1CCC(NC(C)=O)CC1C(F)(F)F. The van der Waals surface area contributed by atoms with Gasteiger partial charge in [0.15, 0.2) is 0 Å². The van der Waals surface area contributed by atoms with Crippen LogP contribution in [0, 0.1) is 12.5 Å². The summed E-state index contributed by atoms with van der Waals surface area (Å²) in [5.74, 6) is -1.94. The highest BCUT2D eigenvalue weighted by Crippen LogP contribution is 2.39. The molecule has 0 spiro atoms. The third kappa shape index (κ3) is 3.12. The van der Waals surface area contributed by atoms with E-state index in [1.165, 1.54) is 6.92 Å². The predicted molar refractivity (Wildman–Crippen MR) is 51.4 cm³/mol. The van der Waals surface area contributed by atoms with Crippen molar-refractivity contribution in [2.45, 2.75) is 44.4 Å². The van der Waals surface area contributed by atoms with E-state index >= 15 is 0 Å². The van der Waals surface area contributed by atoms with Crippen LogP contribution in [0.2, 0.25) is 0 Å². The monoisotopic (exact) mass is 234 g/mol. The van der Waals surface area contributed by atoms with Crippen molar-refractivity contribution < 1.29 is 18.0 Å². The molecule has 1 aliphatic carbocycles. The molecule has 0 radical (unpaired) electrons. The van der Waals surface area contributed by atoms with E-state index in [1.807, 2.05) is 0 Å². The fourth-order valence-corrected chi connectivity index (χ4v) is 2.08. The Morgan fingerprint density at radius 3 is 2.50 bits per heavy atom. The Hall–Kier alpha value is -1.25. The number of carbonyl (C=O) groups excluding carboxylic acids is 1. The number of hydrogen-bond acceptors (Lipinski definition) is 1. The Balaban J connectivity index is 2.70. The molecule has 0 saturated heterocycles. The van der Waals surface area contributed by atoms with Gasteiger partial charge in [0, 0.05) is 19.4 Å². The second-order valence-electron chi connectivity index (χ2n) is 4.06. The second kappa shape index (κ2) is 4.73. The number of nitrogens with one attached hydrogen (secondary N) is 1. The van der Waals surface area contributed by atoms with E-state index in [1.54, 1.807) is 0 Å². The molecule has 1 saturated carbocycles. The Morgan fingerprint density at radius 2 is 2.06 bits per heavy atom. The van der Waals surface area contributed by atoms with Gasteiger partial charge in [-0.2, -0.15) is 13.2 Å². The van der Waals surface area contributed by atoms with Crippen molar-refractivity contribution >= 4 is 5.91 Å². The van der Waals surface area contributed by atoms with Crippen LogP contribution < -0.4 is 5.32 Å². The van der Waals surface area contributed by atoms with E-state index in [0.29, 0.717) is 6.42 Å². The summed E-state index contributed by atoms with van der Waals surface area (Å²) in [6.45, 7) is 8.03. The molecule has 1 fully saturated rings. The van der Waals surface area contributed by atoms with E-state index < -0.39 is 24.2 Å². The summed E-state index contributed by atoms with van der Waals surface area (Å²) >= 11 is 0. The normalized spacial score (nSPS) is 30.6. The fourth-order valence-electron chi connectivity index (χ4n) is 2.08. The quantitative estimate of drug-likeness (QED) is 0.693. The fraction of sp³-hybridized carbons (Fsp3) is 0.800. The maximum absolute atomic E-state index is 12.6. The van der Waals surface area contributed by atoms with Crippen molar-refractivity contribution in [1.82, 2.24) is 5.32 Å². The zero-order valence-electron chi connectivity index (χ0n) is 8.84. The number of alkyl halides is 3. The third-order valence-electron chi connectivity index (χ3n) is 2.81. The highest BCUT2D eigenvalue weighted by atomic mass is 19.4. The molecule has 1 rings (SSSR count). The van der Waals surface area contributed by atoms with Crippen molar-refractivity contribution in [3.05, 3.63) is 11.4 Å². The van der Waals surface area contributed by atoms with Crippen LogP contribution in [0.5, 0.6) is 0 Å². The number of amides is 1. The zero-order chi connectivity index (χ0) is 12.3. The smallest absolute Gasteiger partial charge is 0.354 e. The molecule has 0 aromatic heterocycles. The largest absolute Gasteiger partial charge is 0.399 e. The minimum Gasteiger partial charge on any atom is -0.354 e. The van der Waals surface area contributed by atoms with Gasteiger partial charge in [-0.05, 0) is 12.8 Å². The number of rotatable bonds is 1. The van der Waals surface area contributed by atoms with Gasteiger partial charge in [0.2, 0.25) is 11.9 Å². The minimum absolute atomic E-state index is 0.184. The molecule has 0 aromatic carbocycles. The first-order valence-corrected chi connectivity index (χ1v) is 5.05. The molecule has 90 valence electrons. The van der Waals surface area contributed by atoms with E-state index in [0.717, 1.165) is 0 Å². The van der Waals surface area contributed by atoms with Crippen LogP contribution in [-0.4, -0.2) is 24.2 Å². The van der Waals surface area contributed by atoms with E-state index in [-0.39, 0.29) is 18.7 Å². The summed E-state index contributed by atoms with van der Waals surface area (Å²) in [6, 6.07) is -1.45. The second-order valence-corrected chi connectivity index (χ2v) is 4.06. The van der Waals surface area contributed by atoms with Gasteiger partial charge in [-0.25, -0.2) is 6.57 Å². The van der Waals surface area contributed by atoms with E-state index in [9.17, 15) is 18.0 Å². The number of nitrogens with zero attached hydrogens (tertiary/aromatic N) is 1. The molecule has 0 aromatic rings. The first kappa shape index (κ1) is 12.8. The third-order valence-corrected chi connectivity index (χ3v) is 2.81. The molecule has 6 heteroatoms. The summed E-state index contributed by atoms with van der Waals surface area (Å²) < 4.78 is 37.9. The van der Waals surface area contributed by atoms with Crippen molar-refractivity contribution in [1.29, 1.82) is 0 Å². The summed E-state index contributed by atoms with van der Waals surface area (Å²) in [6.07, 6.45) is -3.90. The van der Waals surface area contributed by atoms with E-state index in [4.69, 9.17) is 6.57 Å². The Bertz CT molecular complexity index is 308. The first-order valence-electron chi connectivity index (χ1n) is 5.05. The van der Waals surface area contributed by atoms with Gasteiger partial charge in [-0.15, -0.1) is 0 Å². The summed E-state index contributed by atoms with van der Waals surface area (Å²) in [7, 11) is 0. The minimum atomic E-state index is -4.35. The topological polar surface area (TPSA) is 33.5 Å². The predicted octanol–water partition coefficient (Wildman–Crippen LogP) is 2.14. The van der Waals surface area contributed by atoms with Crippen LogP contribution in [0.3, 0.4) is 0 Å². The lowest BCUT2D eigenvalue weighted by Crippen LogP contribution is -2.45. The lowest BCUT2D eigenvalue weighted by molar-refractivity contribution is -0.185.